The van der Waals surface area contributed by atoms with Crippen LogP contribution in [0, 0.1) is 11.8 Å². The molecule has 1 rings (SSSR count). The molecule has 1 aromatic heterocycles. The molecule has 0 saturated carbocycles. The Morgan fingerprint density at radius 1 is 1.44 bits per heavy atom. The van der Waals surface area contributed by atoms with Gasteiger partial charge in [0.2, 0.25) is 5.91 Å². The molecule has 0 aliphatic carbocycles. The fourth-order valence-electron chi connectivity index (χ4n) is 1.18. The Morgan fingerprint density at radius 3 is 2.62 bits per heavy atom. The number of amides is 1. The maximum atomic E-state index is 11.6. The number of carbonyl (C=O) groups is 2. The molecule has 1 heterocycles. The van der Waals surface area contributed by atoms with Crippen LogP contribution >= 0.6 is 11.3 Å². The average Bonchev–Trinajstić information content (AvgIpc) is 2.76. The van der Waals surface area contributed by atoms with Crippen LogP contribution in [0.5, 0.6) is 0 Å². The van der Waals surface area contributed by atoms with Crippen LogP contribution in [0.3, 0.4) is 0 Å². The van der Waals surface area contributed by atoms with Crippen LogP contribution in [-0.4, -0.2) is 17.0 Å². The molecule has 2 N–H and O–H groups in total. The van der Waals surface area contributed by atoms with Crippen LogP contribution < -0.4 is 5.32 Å². The SMILES string of the molecule is CC(C(=O)O)C(C)C(=O)NCc1ccsc1. The number of hydrogen-bond donors (Lipinski definition) is 2. The molecule has 16 heavy (non-hydrogen) atoms. The highest BCUT2D eigenvalue weighted by Crippen LogP contribution is 2.12. The van der Waals surface area contributed by atoms with E-state index in [1.165, 1.54) is 6.92 Å². The van der Waals surface area contributed by atoms with Gasteiger partial charge in [-0.05, 0) is 22.4 Å². The molecule has 88 valence electrons. The van der Waals surface area contributed by atoms with Gasteiger partial charge in [0, 0.05) is 12.5 Å². The van der Waals surface area contributed by atoms with Crippen molar-refractivity contribution in [2.45, 2.75) is 20.4 Å². The molecule has 4 nitrogen and oxygen atoms in total. The van der Waals surface area contributed by atoms with Crippen molar-refractivity contribution >= 4 is 23.2 Å². The van der Waals surface area contributed by atoms with Crippen LogP contribution in [0.1, 0.15) is 19.4 Å². The van der Waals surface area contributed by atoms with E-state index in [4.69, 9.17) is 5.11 Å². The van der Waals surface area contributed by atoms with Crippen LogP contribution in [0.2, 0.25) is 0 Å². The molecule has 0 aromatic carbocycles. The molecule has 0 saturated heterocycles. The van der Waals surface area contributed by atoms with Gasteiger partial charge in [0.1, 0.15) is 0 Å². The first-order valence-electron chi connectivity index (χ1n) is 5.04. The van der Waals surface area contributed by atoms with E-state index < -0.39 is 17.8 Å². The fraction of sp³-hybridized carbons (Fsp3) is 0.455. The Morgan fingerprint density at radius 2 is 2.12 bits per heavy atom. The summed E-state index contributed by atoms with van der Waals surface area (Å²) in [7, 11) is 0. The predicted octanol–water partition coefficient (Wildman–Crippen LogP) is 1.72. The number of rotatable bonds is 5. The molecule has 0 aliphatic heterocycles. The quantitative estimate of drug-likeness (QED) is 0.825. The highest BCUT2D eigenvalue weighted by molar-refractivity contribution is 7.07. The smallest absolute Gasteiger partial charge is 0.307 e. The van der Waals surface area contributed by atoms with Gasteiger partial charge in [-0.1, -0.05) is 13.8 Å². The van der Waals surface area contributed by atoms with Crippen LogP contribution in [0.25, 0.3) is 0 Å². The third-order valence-corrected chi connectivity index (χ3v) is 3.33. The zero-order valence-corrected chi connectivity index (χ0v) is 10.1. The Bertz CT molecular complexity index is 361. The topological polar surface area (TPSA) is 66.4 Å². The number of thiophene rings is 1. The highest BCUT2D eigenvalue weighted by Gasteiger charge is 2.25. The molecule has 1 aromatic rings. The summed E-state index contributed by atoms with van der Waals surface area (Å²) in [5.74, 6) is -2.35. The fourth-order valence-corrected chi connectivity index (χ4v) is 1.85. The van der Waals surface area contributed by atoms with E-state index in [1.54, 1.807) is 18.3 Å². The zero-order valence-electron chi connectivity index (χ0n) is 9.27. The normalized spacial score (nSPS) is 14.1. The Kier molecular flexibility index (Phi) is 4.49. The van der Waals surface area contributed by atoms with Crippen LogP contribution in [0.15, 0.2) is 16.8 Å². The van der Waals surface area contributed by atoms with Gasteiger partial charge in [0.25, 0.3) is 0 Å². The summed E-state index contributed by atoms with van der Waals surface area (Å²) in [6, 6.07) is 1.93. The molecule has 5 heteroatoms. The second kappa shape index (κ2) is 5.65. The number of nitrogens with one attached hydrogen (secondary N) is 1. The maximum Gasteiger partial charge on any atom is 0.307 e. The third-order valence-electron chi connectivity index (χ3n) is 2.60. The monoisotopic (exact) mass is 241 g/mol. The second-order valence-electron chi connectivity index (χ2n) is 3.76. The summed E-state index contributed by atoms with van der Waals surface area (Å²) in [4.78, 5) is 22.3. The maximum absolute atomic E-state index is 11.6. The van der Waals surface area contributed by atoms with Gasteiger partial charge in [-0.25, -0.2) is 0 Å². The Labute approximate surface area is 98.3 Å². The standard InChI is InChI=1S/C11H15NO3S/c1-7(8(2)11(14)15)10(13)12-5-9-3-4-16-6-9/h3-4,6-8H,5H2,1-2H3,(H,12,13)(H,14,15). The average molecular weight is 241 g/mol. The lowest BCUT2D eigenvalue weighted by Crippen LogP contribution is -2.34. The van der Waals surface area contributed by atoms with Gasteiger partial charge in [-0.2, -0.15) is 11.3 Å². The van der Waals surface area contributed by atoms with E-state index in [0.29, 0.717) is 6.54 Å². The largest absolute Gasteiger partial charge is 0.481 e. The van der Waals surface area contributed by atoms with E-state index in [1.807, 2.05) is 16.8 Å². The summed E-state index contributed by atoms with van der Waals surface area (Å²) in [5.41, 5.74) is 1.04. The predicted molar refractivity (Wildman–Crippen MR) is 62.1 cm³/mol. The summed E-state index contributed by atoms with van der Waals surface area (Å²) < 4.78 is 0. The molecular formula is C11H15NO3S. The minimum absolute atomic E-state index is 0.221. The lowest BCUT2D eigenvalue weighted by Gasteiger charge is -2.15. The summed E-state index contributed by atoms with van der Waals surface area (Å²) in [6.07, 6.45) is 0. The Hall–Kier alpha value is -1.36. The molecule has 1 amide bonds. The van der Waals surface area contributed by atoms with Crippen molar-refractivity contribution in [3.8, 4) is 0 Å². The van der Waals surface area contributed by atoms with Gasteiger partial charge < -0.3 is 10.4 Å². The first-order valence-corrected chi connectivity index (χ1v) is 5.98. The van der Waals surface area contributed by atoms with Crippen molar-refractivity contribution in [1.82, 2.24) is 5.32 Å². The van der Waals surface area contributed by atoms with Crippen molar-refractivity contribution in [2.24, 2.45) is 11.8 Å². The van der Waals surface area contributed by atoms with Crippen LogP contribution in [0.4, 0.5) is 0 Å². The van der Waals surface area contributed by atoms with Gasteiger partial charge in [0.15, 0.2) is 0 Å². The van der Waals surface area contributed by atoms with Crippen molar-refractivity contribution in [3.63, 3.8) is 0 Å². The minimum atomic E-state index is -0.946. The molecule has 0 fully saturated rings. The van der Waals surface area contributed by atoms with Crippen LogP contribution in [-0.2, 0) is 16.1 Å². The van der Waals surface area contributed by atoms with Gasteiger partial charge in [-0.15, -0.1) is 0 Å². The van der Waals surface area contributed by atoms with E-state index in [9.17, 15) is 9.59 Å². The molecule has 2 atom stereocenters. The molecule has 0 radical (unpaired) electrons. The first-order chi connectivity index (χ1) is 7.52. The molecule has 0 spiro atoms. The number of carboxylic acids is 1. The molecule has 0 aliphatic rings. The van der Waals surface area contributed by atoms with Gasteiger partial charge in [-0.3, -0.25) is 9.59 Å². The Balaban J connectivity index is 2.43. The summed E-state index contributed by atoms with van der Waals surface area (Å²) in [5, 5.41) is 15.4. The third kappa shape index (κ3) is 3.34. The summed E-state index contributed by atoms with van der Waals surface area (Å²) in [6.45, 7) is 3.62. The highest BCUT2D eigenvalue weighted by atomic mass is 32.1. The van der Waals surface area contributed by atoms with Crippen molar-refractivity contribution in [3.05, 3.63) is 22.4 Å². The minimum Gasteiger partial charge on any atom is -0.481 e. The number of hydrogen-bond acceptors (Lipinski definition) is 3. The summed E-state index contributed by atoms with van der Waals surface area (Å²) >= 11 is 1.57. The van der Waals surface area contributed by atoms with Crippen molar-refractivity contribution in [2.75, 3.05) is 0 Å². The first kappa shape index (κ1) is 12.7. The van der Waals surface area contributed by atoms with Gasteiger partial charge >= 0.3 is 5.97 Å². The van der Waals surface area contributed by atoms with Crippen molar-refractivity contribution in [1.29, 1.82) is 0 Å². The van der Waals surface area contributed by atoms with E-state index >= 15 is 0 Å². The van der Waals surface area contributed by atoms with E-state index in [2.05, 4.69) is 5.32 Å². The lowest BCUT2D eigenvalue weighted by atomic mass is 9.95. The second-order valence-corrected chi connectivity index (χ2v) is 4.55. The lowest BCUT2D eigenvalue weighted by molar-refractivity contribution is -0.146. The molecular weight excluding hydrogens is 226 g/mol. The van der Waals surface area contributed by atoms with Gasteiger partial charge in [0.05, 0.1) is 5.92 Å². The van der Waals surface area contributed by atoms with E-state index in [-0.39, 0.29) is 5.91 Å². The molecule has 0 bridgehead atoms. The van der Waals surface area contributed by atoms with E-state index in [0.717, 1.165) is 5.56 Å². The number of carboxylic acid groups (broad SMARTS) is 1. The number of carbonyl (C=O) groups excluding carboxylic acids is 1. The van der Waals surface area contributed by atoms with Crippen molar-refractivity contribution < 1.29 is 14.7 Å². The zero-order chi connectivity index (χ0) is 12.1. The number of aliphatic carboxylic acids is 1. The molecule has 2 unspecified atom stereocenters.